The van der Waals surface area contributed by atoms with E-state index in [-0.39, 0.29) is 11.7 Å². The number of hydrogen-bond donors (Lipinski definition) is 2. The molecule has 1 saturated carbocycles. The molecule has 0 bridgehead atoms. The Labute approximate surface area is 110 Å². The molecule has 5 heteroatoms. The van der Waals surface area contributed by atoms with Gasteiger partial charge in [0.1, 0.15) is 11.9 Å². The van der Waals surface area contributed by atoms with E-state index in [0.29, 0.717) is 18.4 Å². The van der Waals surface area contributed by atoms with Crippen LogP contribution in [0.25, 0.3) is 0 Å². The SMILES string of the molecule is C[C@@H](NC(=O)C1(c2cccc(F)c2)CCC1)C(=O)O. The van der Waals surface area contributed by atoms with Crippen LogP contribution in [0.15, 0.2) is 24.3 Å². The van der Waals surface area contributed by atoms with E-state index in [1.807, 2.05) is 0 Å². The summed E-state index contributed by atoms with van der Waals surface area (Å²) in [4.78, 5) is 23.1. The van der Waals surface area contributed by atoms with Crippen LogP contribution in [0.5, 0.6) is 0 Å². The van der Waals surface area contributed by atoms with Crippen LogP contribution in [0.1, 0.15) is 31.7 Å². The van der Waals surface area contributed by atoms with Gasteiger partial charge in [0.15, 0.2) is 0 Å². The summed E-state index contributed by atoms with van der Waals surface area (Å²) in [6.45, 7) is 1.41. The van der Waals surface area contributed by atoms with Crippen molar-refractivity contribution < 1.29 is 19.1 Å². The molecule has 1 aromatic carbocycles. The van der Waals surface area contributed by atoms with Crippen molar-refractivity contribution in [2.24, 2.45) is 0 Å². The van der Waals surface area contributed by atoms with E-state index in [4.69, 9.17) is 5.11 Å². The van der Waals surface area contributed by atoms with Crippen LogP contribution in [0.2, 0.25) is 0 Å². The number of halogens is 1. The van der Waals surface area contributed by atoms with Gasteiger partial charge in [-0.2, -0.15) is 0 Å². The molecule has 0 spiro atoms. The first kappa shape index (κ1) is 13.5. The topological polar surface area (TPSA) is 66.4 Å². The monoisotopic (exact) mass is 265 g/mol. The summed E-state index contributed by atoms with van der Waals surface area (Å²) in [5, 5.41) is 11.3. The predicted octanol–water partition coefficient (Wildman–Crippen LogP) is 1.84. The van der Waals surface area contributed by atoms with Crippen LogP contribution < -0.4 is 5.32 Å². The summed E-state index contributed by atoms with van der Waals surface area (Å²) in [6.07, 6.45) is 2.12. The summed E-state index contributed by atoms with van der Waals surface area (Å²) in [5.74, 6) is -1.80. The van der Waals surface area contributed by atoms with Gasteiger partial charge in [-0.1, -0.05) is 18.6 Å². The lowest BCUT2D eigenvalue weighted by atomic mass is 9.63. The molecule has 19 heavy (non-hydrogen) atoms. The molecule has 1 amide bonds. The number of hydrogen-bond acceptors (Lipinski definition) is 2. The molecule has 2 rings (SSSR count). The highest BCUT2D eigenvalue weighted by Gasteiger charge is 2.46. The average molecular weight is 265 g/mol. The lowest BCUT2D eigenvalue weighted by Crippen LogP contribution is -2.53. The van der Waals surface area contributed by atoms with Gasteiger partial charge in [-0.15, -0.1) is 0 Å². The number of carbonyl (C=O) groups excluding carboxylic acids is 1. The molecule has 1 atom stereocenters. The second kappa shape index (κ2) is 4.99. The maximum Gasteiger partial charge on any atom is 0.325 e. The van der Waals surface area contributed by atoms with E-state index in [1.165, 1.54) is 19.1 Å². The fourth-order valence-corrected chi connectivity index (χ4v) is 2.36. The Bertz CT molecular complexity index is 511. The van der Waals surface area contributed by atoms with E-state index >= 15 is 0 Å². The van der Waals surface area contributed by atoms with E-state index < -0.39 is 17.4 Å². The van der Waals surface area contributed by atoms with E-state index in [1.54, 1.807) is 12.1 Å². The van der Waals surface area contributed by atoms with E-state index in [2.05, 4.69) is 5.32 Å². The zero-order chi connectivity index (χ0) is 14.0. The van der Waals surface area contributed by atoms with E-state index in [9.17, 15) is 14.0 Å². The Balaban J connectivity index is 2.23. The molecule has 0 aromatic heterocycles. The van der Waals surface area contributed by atoms with E-state index in [0.717, 1.165) is 6.42 Å². The minimum Gasteiger partial charge on any atom is -0.480 e. The third-order valence-electron chi connectivity index (χ3n) is 3.74. The van der Waals surface area contributed by atoms with Crippen LogP contribution in [-0.4, -0.2) is 23.0 Å². The third kappa shape index (κ3) is 2.45. The first-order chi connectivity index (χ1) is 8.95. The molecule has 0 heterocycles. The van der Waals surface area contributed by atoms with Crippen LogP contribution in [-0.2, 0) is 15.0 Å². The molecule has 1 aliphatic carbocycles. The number of rotatable bonds is 4. The molecule has 4 nitrogen and oxygen atoms in total. The van der Waals surface area contributed by atoms with Gasteiger partial charge in [0.2, 0.25) is 5.91 Å². The smallest absolute Gasteiger partial charge is 0.325 e. The summed E-state index contributed by atoms with van der Waals surface area (Å²) in [6, 6.07) is 5.02. The molecular weight excluding hydrogens is 249 g/mol. The minimum absolute atomic E-state index is 0.334. The van der Waals surface area contributed by atoms with Crippen molar-refractivity contribution in [3.05, 3.63) is 35.6 Å². The Morgan fingerprint density at radius 2 is 2.11 bits per heavy atom. The Hall–Kier alpha value is -1.91. The number of aliphatic carboxylic acids is 1. The second-order valence-corrected chi connectivity index (χ2v) is 4.98. The van der Waals surface area contributed by atoms with Gasteiger partial charge in [-0.05, 0) is 37.5 Å². The van der Waals surface area contributed by atoms with Crippen LogP contribution in [0, 0.1) is 5.82 Å². The molecule has 0 radical (unpaired) electrons. The Morgan fingerprint density at radius 3 is 2.58 bits per heavy atom. The number of carbonyl (C=O) groups is 2. The van der Waals surface area contributed by atoms with Gasteiger partial charge < -0.3 is 10.4 Å². The molecule has 1 aromatic rings. The quantitative estimate of drug-likeness (QED) is 0.873. The lowest BCUT2D eigenvalue weighted by Gasteiger charge is -2.41. The van der Waals surface area contributed by atoms with Gasteiger partial charge in [0, 0.05) is 0 Å². The van der Waals surface area contributed by atoms with Crippen molar-refractivity contribution in [1.82, 2.24) is 5.32 Å². The average Bonchev–Trinajstić information content (AvgIpc) is 2.27. The third-order valence-corrected chi connectivity index (χ3v) is 3.74. The lowest BCUT2D eigenvalue weighted by molar-refractivity contribution is -0.143. The summed E-state index contributed by atoms with van der Waals surface area (Å²) < 4.78 is 13.3. The van der Waals surface area contributed by atoms with Gasteiger partial charge in [0.05, 0.1) is 5.41 Å². The van der Waals surface area contributed by atoms with Gasteiger partial charge in [-0.3, -0.25) is 9.59 Å². The molecule has 1 aliphatic rings. The zero-order valence-corrected chi connectivity index (χ0v) is 10.6. The van der Waals surface area contributed by atoms with Crippen LogP contribution in [0.4, 0.5) is 4.39 Å². The molecule has 2 N–H and O–H groups in total. The second-order valence-electron chi connectivity index (χ2n) is 4.98. The molecule has 0 aliphatic heterocycles. The maximum atomic E-state index is 13.3. The van der Waals surface area contributed by atoms with Crippen molar-refractivity contribution in [2.45, 2.75) is 37.6 Å². The molecule has 0 saturated heterocycles. The number of carboxylic acids is 1. The van der Waals surface area contributed by atoms with Crippen LogP contribution >= 0.6 is 0 Å². The van der Waals surface area contributed by atoms with Gasteiger partial charge in [-0.25, -0.2) is 4.39 Å². The molecule has 102 valence electrons. The highest BCUT2D eigenvalue weighted by Crippen LogP contribution is 2.44. The highest BCUT2D eigenvalue weighted by atomic mass is 19.1. The van der Waals surface area contributed by atoms with Crippen molar-refractivity contribution in [1.29, 1.82) is 0 Å². The minimum atomic E-state index is -1.08. The number of amides is 1. The Kier molecular flexibility index (Phi) is 3.55. The number of carboxylic acid groups (broad SMARTS) is 1. The molecule has 0 unspecified atom stereocenters. The van der Waals surface area contributed by atoms with Crippen molar-refractivity contribution >= 4 is 11.9 Å². The summed E-state index contributed by atoms with van der Waals surface area (Å²) in [7, 11) is 0. The van der Waals surface area contributed by atoms with Crippen molar-refractivity contribution in [2.75, 3.05) is 0 Å². The zero-order valence-electron chi connectivity index (χ0n) is 10.6. The maximum absolute atomic E-state index is 13.3. The van der Waals surface area contributed by atoms with Crippen LogP contribution in [0.3, 0.4) is 0 Å². The number of benzene rings is 1. The normalized spacial score (nSPS) is 18.2. The highest BCUT2D eigenvalue weighted by molar-refractivity contribution is 5.92. The summed E-state index contributed by atoms with van der Waals surface area (Å²) in [5.41, 5.74) is -0.153. The van der Waals surface area contributed by atoms with Gasteiger partial charge >= 0.3 is 5.97 Å². The Morgan fingerprint density at radius 1 is 1.42 bits per heavy atom. The van der Waals surface area contributed by atoms with Crippen molar-refractivity contribution in [3.8, 4) is 0 Å². The first-order valence-electron chi connectivity index (χ1n) is 6.25. The standard InChI is InChI=1S/C14H16FNO3/c1-9(12(17)18)16-13(19)14(6-3-7-14)10-4-2-5-11(15)8-10/h2,4-5,8-9H,3,6-7H2,1H3,(H,16,19)(H,17,18)/t9-/m1/s1. The fourth-order valence-electron chi connectivity index (χ4n) is 2.36. The van der Waals surface area contributed by atoms with Crippen molar-refractivity contribution in [3.63, 3.8) is 0 Å². The largest absolute Gasteiger partial charge is 0.480 e. The fraction of sp³-hybridized carbons (Fsp3) is 0.429. The van der Waals surface area contributed by atoms with Gasteiger partial charge in [0.25, 0.3) is 0 Å². The number of nitrogens with one attached hydrogen (secondary N) is 1. The summed E-state index contributed by atoms with van der Waals surface area (Å²) >= 11 is 0. The molecular formula is C14H16FNO3. The predicted molar refractivity (Wildman–Crippen MR) is 67.2 cm³/mol. The first-order valence-corrected chi connectivity index (χ1v) is 6.25. The molecule has 1 fully saturated rings.